The van der Waals surface area contributed by atoms with Crippen LogP contribution in [-0.2, 0) is 19.6 Å². The SMILES string of the molecule is CC(C)OCCS(=O)(=O)NC(C)(C)C(C)(C)C(=O)O. The quantitative estimate of drug-likeness (QED) is 0.702. The fourth-order valence-electron chi connectivity index (χ4n) is 1.23. The van der Waals surface area contributed by atoms with Gasteiger partial charge in [0.25, 0.3) is 0 Å². The summed E-state index contributed by atoms with van der Waals surface area (Å²) in [6.45, 7) is 9.81. The Labute approximate surface area is 115 Å². The van der Waals surface area contributed by atoms with Crippen LogP contribution in [0.1, 0.15) is 41.5 Å². The highest BCUT2D eigenvalue weighted by atomic mass is 32.2. The summed E-state index contributed by atoms with van der Waals surface area (Å²) >= 11 is 0. The van der Waals surface area contributed by atoms with E-state index in [9.17, 15) is 13.2 Å². The van der Waals surface area contributed by atoms with Crippen molar-refractivity contribution in [3.63, 3.8) is 0 Å². The van der Waals surface area contributed by atoms with Crippen LogP contribution in [0, 0.1) is 5.41 Å². The molecule has 114 valence electrons. The van der Waals surface area contributed by atoms with Crippen LogP contribution in [0.25, 0.3) is 0 Å². The number of hydrogen-bond donors (Lipinski definition) is 2. The zero-order valence-electron chi connectivity index (χ0n) is 12.5. The number of nitrogens with one attached hydrogen (secondary N) is 1. The second kappa shape index (κ2) is 6.19. The van der Waals surface area contributed by atoms with Crippen molar-refractivity contribution in [1.29, 1.82) is 0 Å². The van der Waals surface area contributed by atoms with E-state index in [0.717, 1.165) is 0 Å². The topological polar surface area (TPSA) is 92.7 Å². The van der Waals surface area contributed by atoms with Gasteiger partial charge in [-0.3, -0.25) is 4.79 Å². The van der Waals surface area contributed by atoms with Crippen LogP contribution in [0.2, 0.25) is 0 Å². The lowest BCUT2D eigenvalue weighted by Crippen LogP contribution is -2.57. The zero-order valence-corrected chi connectivity index (χ0v) is 13.3. The Morgan fingerprint density at radius 1 is 1.26 bits per heavy atom. The first-order chi connectivity index (χ1) is 8.32. The number of carboxylic acids is 1. The van der Waals surface area contributed by atoms with Gasteiger partial charge < -0.3 is 9.84 Å². The van der Waals surface area contributed by atoms with Crippen molar-refractivity contribution in [3.8, 4) is 0 Å². The van der Waals surface area contributed by atoms with Gasteiger partial charge in [0.2, 0.25) is 10.0 Å². The summed E-state index contributed by atoms with van der Waals surface area (Å²) in [5.41, 5.74) is -2.32. The van der Waals surface area contributed by atoms with Crippen molar-refractivity contribution in [2.24, 2.45) is 5.41 Å². The molecule has 2 N–H and O–H groups in total. The summed E-state index contributed by atoms with van der Waals surface area (Å²) in [5.74, 6) is -1.25. The molecule has 0 spiro atoms. The lowest BCUT2D eigenvalue weighted by atomic mass is 9.75. The second-order valence-corrected chi connectivity index (χ2v) is 7.74. The predicted molar refractivity (Wildman–Crippen MR) is 73.5 cm³/mol. The Morgan fingerprint density at radius 2 is 1.74 bits per heavy atom. The molecule has 0 bridgehead atoms. The van der Waals surface area contributed by atoms with E-state index < -0.39 is 26.9 Å². The van der Waals surface area contributed by atoms with Gasteiger partial charge in [0.15, 0.2) is 0 Å². The molecule has 0 fully saturated rings. The minimum Gasteiger partial charge on any atom is -0.481 e. The van der Waals surface area contributed by atoms with Crippen molar-refractivity contribution in [2.45, 2.75) is 53.2 Å². The smallest absolute Gasteiger partial charge is 0.310 e. The molecule has 0 aliphatic rings. The van der Waals surface area contributed by atoms with Crippen LogP contribution in [0.3, 0.4) is 0 Å². The van der Waals surface area contributed by atoms with E-state index in [2.05, 4.69) is 4.72 Å². The molecule has 0 heterocycles. The number of rotatable bonds is 8. The van der Waals surface area contributed by atoms with E-state index in [-0.39, 0.29) is 18.5 Å². The van der Waals surface area contributed by atoms with Crippen molar-refractivity contribution in [3.05, 3.63) is 0 Å². The Bertz CT molecular complexity index is 412. The second-order valence-electron chi connectivity index (χ2n) is 5.90. The molecule has 0 amide bonds. The van der Waals surface area contributed by atoms with Crippen LogP contribution >= 0.6 is 0 Å². The maximum Gasteiger partial charge on any atom is 0.310 e. The van der Waals surface area contributed by atoms with E-state index in [0.29, 0.717) is 0 Å². The molecule has 0 aromatic rings. The minimum absolute atomic E-state index is 0.0429. The van der Waals surface area contributed by atoms with Crippen molar-refractivity contribution in [1.82, 2.24) is 4.72 Å². The molecule has 0 rings (SSSR count). The Hall–Kier alpha value is -0.660. The third kappa shape index (κ3) is 5.46. The van der Waals surface area contributed by atoms with Crippen molar-refractivity contribution in [2.75, 3.05) is 12.4 Å². The number of carboxylic acid groups (broad SMARTS) is 1. The highest BCUT2D eigenvalue weighted by Crippen LogP contribution is 2.31. The van der Waals surface area contributed by atoms with E-state index in [1.54, 1.807) is 13.8 Å². The highest BCUT2D eigenvalue weighted by Gasteiger charge is 2.45. The van der Waals surface area contributed by atoms with E-state index in [4.69, 9.17) is 9.84 Å². The standard InChI is InChI=1S/C12H25NO5S/c1-9(2)18-7-8-19(16,17)13-12(5,6)11(3,4)10(14)15/h9,13H,7-8H2,1-6H3,(H,14,15). The van der Waals surface area contributed by atoms with E-state index in [1.807, 2.05) is 13.8 Å². The molecule has 0 saturated carbocycles. The van der Waals surface area contributed by atoms with Crippen LogP contribution in [0.5, 0.6) is 0 Å². The molecular weight excluding hydrogens is 270 g/mol. The summed E-state index contributed by atoms with van der Waals surface area (Å²) < 4.78 is 31.5. The summed E-state index contributed by atoms with van der Waals surface area (Å²) in [5, 5.41) is 9.16. The summed E-state index contributed by atoms with van der Waals surface area (Å²) in [6.07, 6.45) is -0.0429. The summed E-state index contributed by atoms with van der Waals surface area (Å²) in [4.78, 5) is 11.2. The van der Waals surface area contributed by atoms with Crippen LogP contribution in [0.4, 0.5) is 0 Å². The highest BCUT2D eigenvalue weighted by molar-refractivity contribution is 7.89. The van der Waals surface area contributed by atoms with Crippen LogP contribution in [-0.4, -0.2) is 43.5 Å². The molecule has 0 atom stereocenters. The third-order valence-corrected chi connectivity index (χ3v) is 4.84. The first-order valence-electron chi connectivity index (χ1n) is 6.18. The maximum absolute atomic E-state index is 11.9. The van der Waals surface area contributed by atoms with Crippen molar-refractivity contribution < 1.29 is 23.1 Å². The fourth-order valence-corrected chi connectivity index (χ4v) is 2.68. The van der Waals surface area contributed by atoms with Gasteiger partial charge in [-0.1, -0.05) is 0 Å². The monoisotopic (exact) mass is 295 g/mol. The number of carbonyl (C=O) groups is 1. The minimum atomic E-state index is -3.59. The molecule has 0 saturated heterocycles. The number of hydrogen-bond acceptors (Lipinski definition) is 4. The number of aliphatic carboxylic acids is 1. The molecule has 0 aromatic heterocycles. The molecular formula is C12H25NO5S. The molecule has 0 unspecified atom stereocenters. The average Bonchev–Trinajstić information content (AvgIpc) is 2.13. The molecule has 19 heavy (non-hydrogen) atoms. The van der Waals surface area contributed by atoms with Gasteiger partial charge in [-0.15, -0.1) is 0 Å². The number of sulfonamides is 1. The zero-order chi connectivity index (χ0) is 15.5. The van der Waals surface area contributed by atoms with Gasteiger partial charge in [0, 0.05) is 5.54 Å². The summed E-state index contributed by atoms with van der Waals surface area (Å²) in [7, 11) is -3.59. The lowest BCUT2D eigenvalue weighted by molar-refractivity contribution is -0.150. The van der Waals surface area contributed by atoms with Gasteiger partial charge in [-0.2, -0.15) is 0 Å². The van der Waals surface area contributed by atoms with Crippen LogP contribution < -0.4 is 4.72 Å². The fraction of sp³-hybridized carbons (Fsp3) is 0.917. The Balaban J connectivity index is 4.78. The molecule has 6 nitrogen and oxygen atoms in total. The largest absolute Gasteiger partial charge is 0.481 e. The third-order valence-electron chi connectivity index (χ3n) is 3.31. The van der Waals surface area contributed by atoms with Crippen molar-refractivity contribution >= 4 is 16.0 Å². The van der Waals surface area contributed by atoms with Gasteiger partial charge in [-0.25, -0.2) is 13.1 Å². The summed E-state index contributed by atoms with van der Waals surface area (Å²) in [6, 6.07) is 0. The van der Waals surface area contributed by atoms with Gasteiger partial charge >= 0.3 is 5.97 Å². The normalized spacial score (nSPS) is 13.8. The van der Waals surface area contributed by atoms with Gasteiger partial charge in [0.1, 0.15) is 0 Å². The van der Waals surface area contributed by atoms with Gasteiger partial charge in [-0.05, 0) is 41.5 Å². The molecule has 0 aliphatic carbocycles. The molecule has 0 radical (unpaired) electrons. The lowest BCUT2D eigenvalue weighted by Gasteiger charge is -2.38. The molecule has 0 aliphatic heterocycles. The van der Waals surface area contributed by atoms with E-state index >= 15 is 0 Å². The Morgan fingerprint density at radius 3 is 2.11 bits per heavy atom. The predicted octanol–water partition coefficient (Wildman–Crippen LogP) is 1.22. The molecule has 0 aromatic carbocycles. The van der Waals surface area contributed by atoms with E-state index in [1.165, 1.54) is 13.8 Å². The number of ether oxygens (including phenoxy) is 1. The Kier molecular flexibility index (Phi) is 5.98. The van der Waals surface area contributed by atoms with Gasteiger partial charge in [0.05, 0.1) is 23.9 Å². The van der Waals surface area contributed by atoms with Crippen LogP contribution in [0.15, 0.2) is 0 Å². The maximum atomic E-state index is 11.9. The first-order valence-corrected chi connectivity index (χ1v) is 7.84. The first kappa shape index (κ1) is 18.3. The molecule has 7 heteroatoms. The average molecular weight is 295 g/mol.